The van der Waals surface area contributed by atoms with Gasteiger partial charge in [0.2, 0.25) is 0 Å². The van der Waals surface area contributed by atoms with Gasteiger partial charge in [0.25, 0.3) is 0 Å². The Hall–Kier alpha value is -3.45. The predicted molar refractivity (Wildman–Crippen MR) is 160 cm³/mol. The highest BCUT2D eigenvalue weighted by atomic mass is 32.2. The quantitative estimate of drug-likeness (QED) is 0.153. The number of carbonyl (C=O) groups excluding carboxylic acids is 2. The molecule has 3 aromatic rings. The highest BCUT2D eigenvalue weighted by Crippen LogP contribution is 2.30. The second-order valence-corrected chi connectivity index (χ2v) is 10.3. The Labute approximate surface area is 237 Å². The summed E-state index contributed by atoms with van der Waals surface area (Å²) in [6.45, 7) is 7.50. The zero-order valence-corrected chi connectivity index (χ0v) is 24.1. The van der Waals surface area contributed by atoms with E-state index in [9.17, 15) is 9.59 Å². The molecular weight excluding hydrogens is 508 g/mol. The van der Waals surface area contributed by atoms with E-state index in [0.29, 0.717) is 31.2 Å². The number of amides is 2. The number of hydrogen-bond donors (Lipinski definition) is 1. The Morgan fingerprint density at radius 1 is 0.795 bits per heavy atom. The topological polar surface area (TPSA) is 67.9 Å². The molecule has 0 spiro atoms. The summed E-state index contributed by atoms with van der Waals surface area (Å²) in [6, 6.07) is 23.4. The van der Waals surface area contributed by atoms with E-state index in [1.54, 1.807) is 11.8 Å². The van der Waals surface area contributed by atoms with Crippen molar-refractivity contribution in [2.24, 2.45) is 0 Å². The van der Waals surface area contributed by atoms with E-state index >= 15 is 0 Å². The van der Waals surface area contributed by atoms with Gasteiger partial charge in [0, 0.05) is 22.0 Å². The van der Waals surface area contributed by atoms with Crippen molar-refractivity contribution >= 4 is 35.1 Å². The van der Waals surface area contributed by atoms with Gasteiger partial charge in [-0.15, -0.1) is 0 Å². The largest absolute Gasteiger partial charge is 0.492 e. The van der Waals surface area contributed by atoms with Gasteiger partial charge in [-0.3, -0.25) is 9.69 Å². The molecule has 208 valence electrons. The van der Waals surface area contributed by atoms with E-state index in [0.717, 1.165) is 33.9 Å². The molecule has 6 nitrogen and oxygen atoms in total. The summed E-state index contributed by atoms with van der Waals surface area (Å²) in [7, 11) is 0. The summed E-state index contributed by atoms with van der Waals surface area (Å²) in [6.07, 6.45) is 5.88. The summed E-state index contributed by atoms with van der Waals surface area (Å²) >= 11 is 1.64. The lowest BCUT2D eigenvalue weighted by Gasteiger charge is -2.24. The van der Waals surface area contributed by atoms with Crippen LogP contribution in [0.1, 0.15) is 58.4 Å². The number of para-hydroxylation sites is 2. The third-order valence-electron chi connectivity index (χ3n) is 6.12. The molecule has 0 radical (unpaired) electrons. The second kappa shape index (κ2) is 16.5. The van der Waals surface area contributed by atoms with Gasteiger partial charge < -0.3 is 14.8 Å². The fourth-order valence-electron chi connectivity index (χ4n) is 4.14. The SMILES string of the molecule is CCCCCCCN(C(=O)Nc1ccccc1OCC)c1ccc(Sc2ccc(CC(=O)OCC)cc2)cc1. The van der Waals surface area contributed by atoms with Crippen molar-refractivity contribution < 1.29 is 19.1 Å². The Morgan fingerprint density at radius 3 is 2.13 bits per heavy atom. The molecule has 0 saturated heterocycles. The van der Waals surface area contributed by atoms with Crippen LogP contribution in [-0.2, 0) is 16.0 Å². The third-order valence-corrected chi connectivity index (χ3v) is 7.14. The molecule has 7 heteroatoms. The van der Waals surface area contributed by atoms with E-state index in [4.69, 9.17) is 9.47 Å². The van der Waals surface area contributed by atoms with Gasteiger partial charge in [-0.1, -0.05) is 68.6 Å². The molecule has 0 fully saturated rings. The number of esters is 1. The Bertz CT molecular complexity index is 1170. The van der Waals surface area contributed by atoms with Crippen molar-refractivity contribution in [3.63, 3.8) is 0 Å². The number of urea groups is 1. The molecular formula is C32H40N2O4S. The van der Waals surface area contributed by atoms with Crippen LogP contribution in [0, 0.1) is 0 Å². The molecule has 2 amide bonds. The molecule has 0 aliphatic rings. The average Bonchev–Trinajstić information content (AvgIpc) is 2.94. The standard InChI is InChI=1S/C32H40N2O4S/c1-4-7-8-9-12-23-34(32(36)33-29-13-10-11-14-30(29)37-5-2)26-17-21-28(22-18-26)39-27-19-15-25(16-20-27)24-31(35)38-6-3/h10-11,13-22H,4-9,12,23-24H2,1-3H3,(H,33,36). The van der Waals surface area contributed by atoms with E-state index in [2.05, 4.69) is 12.2 Å². The number of anilines is 2. The minimum absolute atomic E-state index is 0.171. The molecule has 0 saturated carbocycles. The number of carbonyl (C=O) groups is 2. The number of nitrogens with one attached hydrogen (secondary N) is 1. The average molecular weight is 549 g/mol. The van der Waals surface area contributed by atoms with Crippen molar-refractivity contribution in [3.8, 4) is 5.75 Å². The van der Waals surface area contributed by atoms with Gasteiger partial charge in [-0.25, -0.2) is 4.79 Å². The molecule has 3 rings (SSSR count). The Kier molecular flexibility index (Phi) is 12.7. The van der Waals surface area contributed by atoms with Gasteiger partial charge in [-0.05, 0) is 74.4 Å². The normalized spacial score (nSPS) is 10.6. The van der Waals surface area contributed by atoms with E-state index in [-0.39, 0.29) is 18.4 Å². The highest BCUT2D eigenvalue weighted by molar-refractivity contribution is 7.99. The van der Waals surface area contributed by atoms with Crippen LogP contribution in [0.25, 0.3) is 0 Å². The monoisotopic (exact) mass is 548 g/mol. The maximum atomic E-state index is 13.4. The van der Waals surface area contributed by atoms with Crippen molar-refractivity contribution in [1.82, 2.24) is 0 Å². The number of ether oxygens (including phenoxy) is 2. The summed E-state index contributed by atoms with van der Waals surface area (Å²) in [5.74, 6) is 0.449. The van der Waals surface area contributed by atoms with Crippen LogP contribution in [0.3, 0.4) is 0 Å². The van der Waals surface area contributed by atoms with E-state index in [1.807, 2.05) is 91.5 Å². The molecule has 0 aliphatic heterocycles. The lowest BCUT2D eigenvalue weighted by molar-refractivity contribution is -0.142. The summed E-state index contributed by atoms with van der Waals surface area (Å²) in [5, 5.41) is 3.05. The fraction of sp³-hybridized carbons (Fsp3) is 0.375. The molecule has 0 unspecified atom stereocenters. The zero-order valence-electron chi connectivity index (χ0n) is 23.3. The molecule has 0 bridgehead atoms. The van der Waals surface area contributed by atoms with Gasteiger partial charge in [0.15, 0.2) is 0 Å². The first-order chi connectivity index (χ1) is 19.0. The van der Waals surface area contributed by atoms with Crippen molar-refractivity contribution in [2.75, 3.05) is 30.0 Å². The summed E-state index contributed by atoms with van der Waals surface area (Å²) in [4.78, 5) is 29.1. The Balaban J connectivity index is 1.69. The summed E-state index contributed by atoms with van der Waals surface area (Å²) in [5.41, 5.74) is 2.45. The van der Waals surface area contributed by atoms with Crippen molar-refractivity contribution in [3.05, 3.63) is 78.4 Å². The summed E-state index contributed by atoms with van der Waals surface area (Å²) < 4.78 is 10.7. The van der Waals surface area contributed by atoms with Gasteiger partial charge in [0.1, 0.15) is 5.75 Å². The number of unbranched alkanes of at least 4 members (excludes halogenated alkanes) is 4. The van der Waals surface area contributed by atoms with Crippen LogP contribution in [0.2, 0.25) is 0 Å². The Morgan fingerprint density at radius 2 is 1.46 bits per heavy atom. The van der Waals surface area contributed by atoms with Crippen LogP contribution < -0.4 is 15.0 Å². The molecule has 3 aromatic carbocycles. The van der Waals surface area contributed by atoms with Gasteiger partial charge >= 0.3 is 12.0 Å². The first kappa shape index (κ1) is 30.1. The van der Waals surface area contributed by atoms with Crippen LogP contribution in [0.15, 0.2) is 82.6 Å². The lowest BCUT2D eigenvalue weighted by Crippen LogP contribution is -2.36. The maximum Gasteiger partial charge on any atom is 0.326 e. The molecule has 0 heterocycles. The number of hydrogen-bond acceptors (Lipinski definition) is 5. The zero-order chi connectivity index (χ0) is 27.9. The maximum absolute atomic E-state index is 13.4. The van der Waals surface area contributed by atoms with Crippen molar-refractivity contribution in [2.45, 2.75) is 69.1 Å². The fourth-order valence-corrected chi connectivity index (χ4v) is 4.96. The van der Waals surface area contributed by atoms with Gasteiger partial charge in [-0.2, -0.15) is 0 Å². The first-order valence-electron chi connectivity index (χ1n) is 13.9. The van der Waals surface area contributed by atoms with Crippen molar-refractivity contribution in [1.29, 1.82) is 0 Å². The number of nitrogens with zero attached hydrogens (tertiary/aromatic N) is 1. The van der Waals surface area contributed by atoms with Crippen LogP contribution in [-0.4, -0.2) is 31.8 Å². The number of rotatable bonds is 15. The molecule has 0 aliphatic carbocycles. The lowest BCUT2D eigenvalue weighted by atomic mass is 10.1. The first-order valence-corrected chi connectivity index (χ1v) is 14.7. The van der Waals surface area contributed by atoms with E-state index in [1.165, 1.54) is 19.3 Å². The molecule has 0 aromatic heterocycles. The minimum atomic E-state index is -0.214. The third kappa shape index (κ3) is 9.98. The van der Waals surface area contributed by atoms with Crippen LogP contribution >= 0.6 is 11.8 Å². The predicted octanol–water partition coefficient (Wildman–Crippen LogP) is 8.35. The minimum Gasteiger partial charge on any atom is -0.492 e. The van der Waals surface area contributed by atoms with Gasteiger partial charge in [0.05, 0.1) is 25.3 Å². The second-order valence-electron chi connectivity index (χ2n) is 9.15. The number of benzene rings is 3. The highest BCUT2D eigenvalue weighted by Gasteiger charge is 2.17. The van der Waals surface area contributed by atoms with Crippen LogP contribution in [0.4, 0.5) is 16.2 Å². The molecule has 39 heavy (non-hydrogen) atoms. The molecule has 1 N–H and O–H groups in total. The van der Waals surface area contributed by atoms with Crippen LogP contribution in [0.5, 0.6) is 5.75 Å². The smallest absolute Gasteiger partial charge is 0.326 e. The molecule has 0 atom stereocenters. The van der Waals surface area contributed by atoms with E-state index < -0.39 is 0 Å².